The van der Waals surface area contributed by atoms with Gasteiger partial charge in [0.1, 0.15) is 0 Å². The van der Waals surface area contributed by atoms with Gasteiger partial charge in [-0.3, -0.25) is 9.69 Å². The lowest BCUT2D eigenvalue weighted by molar-refractivity contribution is -0.147. The van der Waals surface area contributed by atoms with Crippen molar-refractivity contribution in [3.05, 3.63) is 16.1 Å². The standard InChI is InChI=1S/C15H24N2O2S/c1-11(2)4-5-13-16-12(9-20-13)8-17-7-6-15(3,10-17)14(18)19/h9,11H,4-8,10H2,1-3H3,(H,18,19). The van der Waals surface area contributed by atoms with Crippen LogP contribution in [-0.4, -0.2) is 34.0 Å². The number of carboxylic acids is 1. The molecule has 0 saturated carbocycles. The predicted molar refractivity (Wildman–Crippen MR) is 80.9 cm³/mol. The molecular formula is C15H24N2O2S. The minimum Gasteiger partial charge on any atom is -0.481 e. The lowest BCUT2D eigenvalue weighted by Gasteiger charge is -2.19. The fourth-order valence-corrected chi connectivity index (χ4v) is 3.35. The van der Waals surface area contributed by atoms with E-state index in [1.807, 2.05) is 6.92 Å². The fraction of sp³-hybridized carbons (Fsp3) is 0.733. The number of thiazole rings is 1. The first-order valence-electron chi connectivity index (χ1n) is 7.28. The molecule has 4 nitrogen and oxygen atoms in total. The largest absolute Gasteiger partial charge is 0.481 e. The molecule has 0 aliphatic carbocycles. The molecule has 2 rings (SSSR count). The van der Waals surface area contributed by atoms with Crippen LogP contribution in [-0.2, 0) is 17.8 Å². The van der Waals surface area contributed by atoms with E-state index in [2.05, 4.69) is 29.1 Å². The number of nitrogens with zero attached hydrogens (tertiary/aromatic N) is 2. The van der Waals surface area contributed by atoms with Crippen LogP contribution in [0, 0.1) is 11.3 Å². The molecule has 1 unspecified atom stereocenters. The minimum absolute atomic E-state index is 0.587. The van der Waals surface area contributed by atoms with Gasteiger partial charge in [-0.1, -0.05) is 13.8 Å². The van der Waals surface area contributed by atoms with E-state index in [4.69, 9.17) is 0 Å². The van der Waals surface area contributed by atoms with Crippen LogP contribution < -0.4 is 0 Å². The van der Waals surface area contributed by atoms with Gasteiger partial charge in [0.2, 0.25) is 0 Å². The molecule has 0 amide bonds. The molecular weight excluding hydrogens is 272 g/mol. The van der Waals surface area contributed by atoms with E-state index in [1.54, 1.807) is 11.3 Å². The average Bonchev–Trinajstić information content (AvgIpc) is 2.95. The smallest absolute Gasteiger partial charge is 0.310 e. The van der Waals surface area contributed by atoms with Crippen LogP contribution >= 0.6 is 11.3 Å². The number of likely N-dealkylation sites (tertiary alicyclic amines) is 1. The van der Waals surface area contributed by atoms with Crippen LogP contribution in [0.25, 0.3) is 0 Å². The first-order valence-corrected chi connectivity index (χ1v) is 8.16. The van der Waals surface area contributed by atoms with E-state index in [0.717, 1.165) is 31.6 Å². The highest BCUT2D eigenvalue weighted by molar-refractivity contribution is 7.09. The first kappa shape index (κ1) is 15.4. The molecule has 1 aliphatic heterocycles. The molecule has 20 heavy (non-hydrogen) atoms. The molecule has 5 heteroatoms. The summed E-state index contributed by atoms with van der Waals surface area (Å²) in [5, 5.41) is 12.6. The molecule has 1 aromatic rings. The van der Waals surface area contributed by atoms with Crippen molar-refractivity contribution in [3.63, 3.8) is 0 Å². The van der Waals surface area contributed by atoms with E-state index >= 15 is 0 Å². The van der Waals surface area contributed by atoms with Crippen molar-refractivity contribution < 1.29 is 9.90 Å². The summed E-state index contributed by atoms with van der Waals surface area (Å²) in [6.45, 7) is 8.55. The zero-order valence-corrected chi connectivity index (χ0v) is 13.4. The highest BCUT2D eigenvalue weighted by Crippen LogP contribution is 2.31. The van der Waals surface area contributed by atoms with Crippen molar-refractivity contribution in [2.45, 2.75) is 46.6 Å². The van der Waals surface area contributed by atoms with Gasteiger partial charge in [0.25, 0.3) is 0 Å². The summed E-state index contributed by atoms with van der Waals surface area (Å²) in [5.41, 5.74) is 0.500. The number of rotatable bonds is 6. The molecule has 1 N–H and O–H groups in total. The Labute approximate surface area is 124 Å². The van der Waals surface area contributed by atoms with Gasteiger partial charge >= 0.3 is 5.97 Å². The normalized spacial score (nSPS) is 23.6. The lowest BCUT2D eigenvalue weighted by atomic mass is 9.90. The molecule has 1 saturated heterocycles. The Hall–Kier alpha value is -0.940. The lowest BCUT2D eigenvalue weighted by Crippen LogP contribution is -2.31. The summed E-state index contributed by atoms with van der Waals surface area (Å²) in [5.74, 6) is 0.0214. The van der Waals surface area contributed by atoms with E-state index in [1.165, 1.54) is 11.4 Å². The maximum Gasteiger partial charge on any atom is 0.310 e. The Morgan fingerprint density at radius 3 is 2.95 bits per heavy atom. The molecule has 0 radical (unpaired) electrons. The van der Waals surface area contributed by atoms with Crippen molar-refractivity contribution in [1.82, 2.24) is 9.88 Å². The molecule has 0 bridgehead atoms. The van der Waals surface area contributed by atoms with Crippen molar-refractivity contribution >= 4 is 17.3 Å². The van der Waals surface area contributed by atoms with Crippen molar-refractivity contribution in [2.75, 3.05) is 13.1 Å². The highest BCUT2D eigenvalue weighted by Gasteiger charge is 2.40. The molecule has 0 spiro atoms. The van der Waals surface area contributed by atoms with Gasteiger partial charge < -0.3 is 5.11 Å². The Morgan fingerprint density at radius 1 is 1.60 bits per heavy atom. The monoisotopic (exact) mass is 296 g/mol. The van der Waals surface area contributed by atoms with E-state index in [9.17, 15) is 9.90 Å². The van der Waals surface area contributed by atoms with Crippen LogP contribution in [0.2, 0.25) is 0 Å². The number of aryl methyl sites for hydroxylation is 1. The third-order valence-corrected chi connectivity index (χ3v) is 4.95. The first-order chi connectivity index (χ1) is 9.39. The number of aliphatic carboxylic acids is 1. The summed E-state index contributed by atoms with van der Waals surface area (Å²) in [6.07, 6.45) is 2.95. The Kier molecular flexibility index (Phi) is 4.81. The van der Waals surface area contributed by atoms with Gasteiger partial charge in [-0.2, -0.15) is 0 Å². The second-order valence-electron chi connectivity index (χ2n) is 6.49. The van der Waals surface area contributed by atoms with Gasteiger partial charge in [-0.15, -0.1) is 11.3 Å². The second-order valence-corrected chi connectivity index (χ2v) is 7.43. The number of carbonyl (C=O) groups is 1. The van der Waals surface area contributed by atoms with Crippen LogP contribution in [0.3, 0.4) is 0 Å². The molecule has 1 fully saturated rings. The number of hydrogen-bond acceptors (Lipinski definition) is 4. The molecule has 112 valence electrons. The van der Waals surface area contributed by atoms with Gasteiger partial charge in [-0.05, 0) is 38.6 Å². The zero-order valence-electron chi connectivity index (χ0n) is 12.6. The number of aromatic nitrogens is 1. The van der Waals surface area contributed by atoms with E-state index in [-0.39, 0.29) is 0 Å². The molecule has 1 aliphatic rings. The Balaban J connectivity index is 1.87. The number of carboxylic acid groups (broad SMARTS) is 1. The molecule has 2 heterocycles. The third-order valence-electron chi connectivity index (χ3n) is 3.99. The summed E-state index contributed by atoms with van der Waals surface area (Å²) >= 11 is 1.73. The summed E-state index contributed by atoms with van der Waals surface area (Å²) in [4.78, 5) is 18.1. The van der Waals surface area contributed by atoms with Crippen molar-refractivity contribution in [1.29, 1.82) is 0 Å². The zero-order chi connectivity index (χ0) is 14.8. The average molecular weight is 296 g/mol. The van der Waals surface area contributed by atoms with Crippen LogP contribution in [0.15, 0.2) is 5.38 Å². The highest BCUT2D eigenvalue weighted by atomic mass is 32.1. The van der Waals surface area contributed by atoms with Gasteiger partial charge in [-0.25, -0.2) is 4.98 Å². The van der Waals surface area contributed by atoms with Crippen LogP contribution in [0.1, 0.15) is 44.3 Å². The quantitative estimate of drug-likeness (QED) is 0.876. The van der Waals surface area contributed by atoms with Gasteiger partial charge in [0.15, 0.2) is 0 Å². The number of hydrogen-bond donors (Lipinski definition) is 1. The van der Waals surface area contributed by atoms with Crippen LogP contribution in [0.5, 0.6) is 0 Å². The van der Waals surface area contributed by atoms with E-state index in [0.29, 0.717) is 12.5 Å². The maximum atomic E-state index is 11.2. The summed E-state index contributed by atoms with van der Waals surface area (Å²) in [7, 11) is 0. The Morgan fingerprint density at radius 2 is 2.35 bits per heavy atom. The van der Waals surface area contributed by atoms with Crippen molar-refractivity contribution in [3.8, 4) is 0 Å². The topological polar surface area (TPSA) is 53.4 Å². The summed E-state index contributed by atoms with van der Waals surface area (Å²) < 4.78 is 0. The summed E-state index contributed by atoms with van der Waals surface area (Å²) in [6, 6.07) is 0. The van der Waals surface area contributed by atoms with E-state index < -0.39 is 11.4 Å². The predicted octanol–water partition coefficient (Wildman–Crippen LogP) is 3.03. The fourth-order valence-electron chi connectivity index (χ4n) is 2.54. The van der Waals surface area contributed by atoms with Crippen LogP contribution in [0.4, 0.5) is 0 Å². The van der Waals surface area contributed by atoms with Crippen molar-refractivity contribution in [2.24, 2.45) is 11.3 Å². The third kappa shape index (κ3) is 3.79. The Bertz CT molecular complexity index is 472. The molecule has 0 aromatic carbocycles. The SMILES string of the molecule is CC(C)CCc1nc(CN2CCC(C)(C(=O)O)C2)cs1. The van der Waals surface area contributed by atoms with Gasteiger partial charge in [0, 0.05) is 18.5 Å². The molecule has 1 aromatic heterocycles. The second kappa shape index (κ2) is 6.22. The van der Waals surface area contributed by atoms with Gasteiger partial charge in [0.05, 0.1) is 16.1 Å². The maximum absolute atomic E-state index is 11.2. The minimum atomic E-state index is -0.684. The molecule has 1 atom stereocenters.